The molecule has 0 unspecified atom stereocenters. The summed E-state index contributed by atoms with van der Waals surface area (Å²) in [6.45, 7) is 3.44. The Kier molecular flexibility index (Phi) is 5.41. The van der Waals surface area contributed by atoms with Crippen LogP contribution < -0.4 is 10.2 Å². The van der Waals surface area contributed by atoms with E-state index in [9.17, 15) is 18.4 Å². The number of anilines is 1. The van der Waals surface area contributed by atoms with Crippen LogP contribution in [0.2, 0.25) is 0 Å². The topological polar surface area (TPSA) is 49.4 Å². The summed E-state index contributed by atoms with van der Waals surface area (Å²) >= 11 is 0. The maximum atomic E-state index is 13.1. The average molecular weight is 270 g/mol. The number of halogens is 2. The van der Waals surface area contributed by atoms with E-state index in [1.807, 2.05) is 6.92 Å². The van der Waals surface area contributed by atoms with Gasteiger partial charge in [-0.25, -0.2) is 8.78 Å². The Morgan fingerprint density at radius 3 is 2.47 bits per heavy atom. The Bertz CT molecular complexity index is 478. The highest BCUT2D eigenvalue weighted by Gasteiger charge is 2.17. The molecular weight excluding hydrogens is 254 g/mol. The Balaban J connectivity index is 2.85. The number of carbonyl (C=O) groups excluding carboxylic acids is 2. The normalized spacial score (nSPS) is 10.1. The SMILES string of the molecule is CCCNC(=O)CN(C(C)=O)c1ccc(F)c(F)c1. The fraction of sp³-hybridized carbons (Fsp3) is 0.385. The zero-order valence-electron chi connectivity index (χ0n) is 10.9. The first-order valence-electron chi connectivity index (χ1n) is 5.95. The van der Waals surface area contributed by atoms with Crippen molar-refractivity contribution in [1.29, 1.82) is 0 Å². The van der Waals surface area contributed by atoms with Gasteiger partial charge in [-0.05, 0) is 18.6 Å². The van der Waals surface area contributed by atoms with Crippen molar-refractivity contribution in [2.45, 2.75) is 20.3 Å². The van der Waals surface area contributed by atoms with Crippen LogP contribution in [0.3, 0.4) is 0 Å². The Morgan fingerprint density at radius 1 is 1.26 bits per heavy atom. The number of nitrogens with zero attached hydrogens (tertiary/aromatic N) is 1. The van der Waals surface area contributed by atoms with Crippen LogP contribution in [0.15, 0.2) is 18.2 Å². The van der Waals surface area contributed by atoms with Gasteiger partial charge in [-0.3, -0.25) is 9.59 Å². The van der Waals surface area contributed by atoms with Crippen LogP contribution in [0, 0.1) is 11.6 Å². The van der Waals surface area contributed by atoms with Crippen molar-refractivity contribution in [1.82, 2.24) is 5.32 Å². The highest BCUT2D eigenvalue weighted by atomic mass is 19.2. The summed E-state index contributed by atoms with van der Waals surface area (Å²) in [6.07, 6.45) is 0.775. The minimum atomic E-state index is -1.06. The first-order valence-corrected chi connectivity index (χ1v) is 5.95. The minimum Gasteiger partial charge on any atom is -0.355 e. The molecule has 0 saturated heterocycles. The molecule has 1 aromatic carbocycles. The van der Waals surface area contributed by atoms with Gasteiger partial charge in [0.05, 0.1) is 0 Å². The predicted octanol–water partition coefficient (Wildman–Crippen LogP) is 1.84. The van der Waals surface area contributed by atoms with Crippen molar-refractivity contribution in [2.24, 2.45) is 0 Å². The van der Waals surface area contributed by atoms with Crippen molar-refractivity contribution in [3.05, 3.63) is 29.8 Å². The van der Waals surface area contributed by atoms with Gasteiger partial charge in [0, 0.05) is 25.2 Å². The molecule has 0 saturated carbocycles. The summed E-state index contributed by atoms with van der Waals surface area (Å²) in [5.74, 6) is -2.82. The summed E-state index contributed by atoms with van der Waals surface area (Å²) in [6, 6.07) is 3.07. The van der Waals surface area contributed by atoms with E-state index in [1.165, 1.54) is 13.0 Å². The fourth-order valence-corrected chi connectivity index (χ4v) is 1.50. The van der Waals surface area contributed by atoms with Crippen molar-refractivity contribution in [2.75, 3.05) is 18.0 Å². The molecule has 0 spiro atoms. The van der Waals surface area contributed by atoms with E-state index in [2.05, 4.69) is 5.32 Å². The quantitative estimate of drug-likeness (QED) is 0.887. The lowest BCUT2D eigenvalue weighted by atomic mass is 10.2. The van der Waals surface area contributed by atoms with Crippen LogP contribution >= 0.6 is 0 Å². The van der Waals surface area contributed by atoms with E-state index in [0.717, 1.165) is 23.5 Å². The molecule has 0 radical (unpaired) electrons. The van der Waals surface area contributed by atoms with Gasteiger partial charge in [0.25, 0.3) is 0 Å². The summed E-state index contributed by atoms with van der Waals surface area (Å²) in [5, 5.41) is 2.61. The summed E-state index contributed by atoms with van der Waals surface area (Å²) < 4.78 is 26.0. The fourth-order valence-electron chi connectivity index (χ4n) is 1.50. The molecule has 1 aromatic rings. The van der Waals surface area contributed by atoms with E-state index in [4.69, 9.17) is 0 Å². The van der Waals surface area contributed by atoms with Crippen LogP contribution in [-0.2, 0) is 9.59 Å². The van der Waals surface area contributed by atoms with Crippen molar-refractivity contribution >= 4 is 17.5 Å². The van der Waals surface area contributed by atoms with Crippen molar-refractivity contribution in [3.8, 4) is 0 Å². The third-order valence-electron chi connectivity index (χ3n) is 2.47. The van der Waals surface area contributed by atoms with Crippen molar-refractivity contribution in [3.63, 3.8) is 0 Å². The third-order valence-corrected chi connectivity index (χ3v) is 2.47. The molecule has 6 heteroatoms. The lowest BCUT2D eigenvalue weighted by Crippen LogP contribution is -2.40. The third kappa shape index (κ3) is 4.31. The number of benzene rings is 1. The van der Waals surface area contributed by atoms with Crippen molar-refractivity contribution < 1.29 is 18.4 Å². The molecule has 1 N–H and O–H groups in total. The number of hydrogen-bond acceptors (Lipinski definition) is 2. The lowest BCUT2D eigenvalue weighted by Gasteiger charge is -2.20. The number of nitrogens with one attached hydrogen (secondary N) is 1. The molecular formula is C13H16F2N2O2. The smallest absolute Gasteiger partial charge is 0.240 e. The lowest BCUT2D eigenvalue weighted by molar-refractivity contribution is -0.123. The molecule has 0 aliphatic carbocycles. The predicted molar refractivity (Wildman–Crippen MR) is 67.7 cm³/mol. The first kappa shape index (κ1) is 15.1. The number of amides is 2. The Labute approximate surface area is 110 Å². The molecule has 0 aliphatic heterocycles. The zero-order valence-corrected chi connectivity index (χ0v) is 10.9. The second-order valence-electron chi connectivity index (χ2n) is 4.05. The van der Waals surface area contributed by atoms with Gasteiger partial charge in [0.1, 0.15) is 6.54 Å². The zero-order chi connectivity index (χ0) is 14.4. The molecule has 0 aliphatic rings. The van der Waals surface area contributed by atoms with Crippen LogP contribution in [0.25, 0.3) is 0 Å². The Hall–Kier alpha value is -1.98. The molecule has 2 amide bonds. The average Bonchev–Trinajstić information content (AvgIpc) is 2.36. The maximum absolute atomic E-state index is 13.1. The molecule has 0 fully saturated rings. The second kappa shape index (κ2) is 6.82. The van der Waals surface area contributed by atoms with Crippen LogP contribution in [0.5, 0.6) is 0 Å². The van der Waals surface area contributed by atoms with E-state index in [-0.39, 0.29) is 18.1 Å². The molecule has 0 atom stereocenters. The molecule has 1 rings (SSSR count). The summed E-state index contributed by atoms with van der Waals surface area (Å²) in [5.41, 5.74) is 0.151. The minimum absolute atomic E-state index is 0.151. The highest BCUT2D eigenvalue weighted by Crippen LogP contribution is 2.18. The second-order valence-corrected chi connectivity index (χ2v) is 4.05. The van der Waals surface area contributed by atoms with Gasteiger partial charge in [-0.15, -0.1) is 0 Å². The highest BCUT2D eigenvalue weighted by molar-refractivity contribution is 5.97. The molecule has 0 heterocycles. The summed E-state index contributed by atoms with van der Waals surface area (Å²) in [4.78, 5) is 24.1. The van der Waals surface area contributed by atoms with Gasteiger partial charge in [-0.2, -0.15) is 0 Å². The number of rotatable bonds is 5. The van der Waals surface area contributed by atoms with Gasteiger partial charge < -0.3 is 10.2 Å². The Morgan fingerprint density at radius 2 is 1.95 bits per heavy atom. The van der Waals surface area contributed by atoms with Gasteiger partial charge >= 0.3 is 0 Å². The number of hydrogen-bond donors (Lipinski definition) is 1. The molecule has 19 heavy (non-hydrogen) atoms. The maximum Gasteiger partial charge on any atom is 0.240 e. The van der Waals surface area contributed by atoms with Crippen LogP contribution in [0.4, 0.5) is 14.5 Å². The largest absolute Gasteiger partial charge is 0.355 e. The monoisotopic (exact) mass is 270 g/mol. The van der Waals surface area contributed by atoms with E-state index in [1.54, 1.807) is 0 Å². The van der Waals surface area contributed by atoms with Gasteiger partial charge in [0.15, 0.2) is 11.6 Å². The molecule has 0 aromatic heterocycles. The van der Waals surface area contributed by atoms with Gasteiger partial charge in [0.2, 0.25) is 11.8 Å². The molecule has 4 nitrogen and oxygen atoms in total. The van der Waals surface area contributed by atoms with E-state index >= 15 is 0 Å². The van der Waals surface area contributed by atoms with Crippen LogP contribution in [-0.4, -0.2) is 24.9 Å². The molecule has 104 valence electrons. The number of carbonyl (C=O) groups is 2. The van der Waals surface area contributed by atoms with E-state index in [0.29, 0.717) is 6.54 Å². The summed E-state index contributed by atoms with van der Waals surface area (Å²) in [7, 11) is 0. The standard InChI is InChI=1S/C13H16F2N2O2/c1-3-6-16-13(19)8-17(9(2)18)10-4-5-11(14)12(15)7-10/h4-5,7H,3,6,8H2,1-2H3,(H,16,19). The first-order chi connectivity index (χ1) is 8.95. The van der Waals surface area contributed by atoms with E-state index < -0.39 is 17.5 Å². The molecule has 0 bridgehead atoms. The van der Waals surface area contributed by atoms with Crippen LogP contribution in [0.1, 0.15) is 20.3 Å². The van der Waals surface area contributed by atoms with Gasteiger partial charge in [-0.1, -0.05) is 6.92 Å².